The molecule has 3 rings (SSSR count). The van der Waals surface area contributed by atoms with Crippen LogP contribution in [0.15, 0.2) is 35.8 Å². The monoisotopic (exact) mass is 304 g/mol. The molecule has 6 heteroatoms. The van der Waals surface area contributed by atoms with Gasteiger partial charge in [0.15, 0.2) is 5.69 Å². The van der Waals surface area contributed by atoms with Crippen molar-refractivity contribution in [1.29, 1.82) is 0 Å². The molecule has 1 fully saturated rings. The van der Waals surface area contributed by atoms with Crippen molar-refractivity contribution < 1.29 is 14.6 Å². The van der Waals surface area contributed by atoms with Crippen LogP contribution in [0.2, 0.25) is 0 Å². The number of para-hydroxylation sites is 1. The number of benzene rings is 1. The van der Waals surface area contributed by atoms with E-state index in [0.29, 0.717) is 0 Å². The van der Waals surface area contributed by atoms with Crippen LogP contribution in [0.25, 0.3) is 0 Å². The third-order valence-corrected chi connectivity index (χ3v) is 4.41. The van der Waals surface area contributed by atoms with E-state index in [4.69, 9.17) is 9.84 Å². The SMILES string of the molecule is O=C(O)c1ncsc1N1CCC(Oc2ccccc2)CC1. The highest BCUT2D eigenvalue weighted by Crippen LogP contribution is 2.29. The number of thiazole rings is 1. The molecule has 0 spiro atoms. The second-order valence-electron chi connectivity index (χ2n) is 4.93. The van der Waals surface area contributed by atoms with Crippen LogP contribution in [0.3, 0.4) is 0 Å². The summed E-state index contributed by atoms with van der Waals surface area (Å²) in [5, 5.41) is 9.88. The molecule has 1 aliphatic heterocycles. The summed E-state index contributed by atoms with van der Waals surface area (Å²) in [5.41, 5.74) is 1.74. The van der Waals surface area contributed by atoms with Crippen LogP contribution in [0.1, 0.15) is 23.3 Å². The zero-order chi connectivity index (χ0) is 14.7. The fourth-order valence-corrected chi connectivity index (χ4v) is 3.32. The van der Waals surface area contributed by atoms with Gasteiger partial charge in [-0.05, 0) is 12.1 Å². The number of aromatic nitrogens is 1. The first-order chi connectivity index (χ1) is 10.2. The van der Waals surface area contributed by atoms with E-state index in [1.807, 2.05) is 30.3 Å². The number of hydrogen-bond donors (Lipinski definition) is 1. The average Bonchev–Trinajstić information content (AvgIpc) is 2.99. The molecular formula is C15H16N2O3S. The number of anilines is 1. The summed E-state index contributed by atoms with van der Waals surface area (Å²) in [6, 6.07) is 9.80. The van der Waals surface area contributed by atoms with Crippen LogP contribution in [0.4, 0.5) is 5.00 Å². The number of aromatic carboxylic acids is 1. The Labute approximate surface area is 126 Å². The van der Waals surface area contributed by atoms with Gasteiger partial charge in [0, 0.05) is 25.9 Å². The molecule has 0 amide bonds. The number of rotatable bonds is 4. The zero-order valence-corrected chi connectivity index (χ0v) is 12.3. The summed E-state index contributed by atoms with van der Waals surface area (Å²) in [6.45, 7) is 1.58. The minimum Gasteiger partial charge on any atom is -0.490 e. The number of hydrogen-bond acceptors (Lipinski definition) is 5. The van der Waals surface area contributed by atoms with E-state index in [1.54, 1.807) is 5.51 Å². The predicted molar refractivity (Wildman–Crippen MR) is 81.4 cm³/mol. The lowest BCUT2D eigenvalue weighted by Gasteiger charge is -2.32. The van der Waals surface area contributed by atoms with Crippen LogP contribution in [0, 0.1) is 0 Å². The molecule has 0 unspecified atom stereocenters. The van der Waals surface area contributed by atoms with Gasteiger partial charge in [-0.1, -0.05) is 18.2 Å². The lowest BCUT2D eigenvalue weighted by Crippen LogP contribution is -2.38. The summed E-state index contributed by atoms with van der Waals surface area (Å²) in [6.07, 6.45) is 1.95. The third-order valence-electron chi connectivity index (χ3n) is 3.53. The maximum absolute atomic E-state index is 11.1. The molecule has 0 atom stereocenters. The summed E-state index contributed by atoms with van der Waals surface area (Å²) < 4.78 is 5.94. The molecule has 1 N–H and O–H groups in total. The van der Waals surface area contributed by atoms with Gasteiger partial charge >= 0.3 is 5.97 Å². The molecule has 0 aliphatic carbocycles. The maximum atomic E-state index is 11.1. The number of carboxylic acids is 1. The van der Waals surface area contributed by atoms with Crippen molar-refractivity contribution in [3.8, 4) is 5.75 Å². The molecule has 1 aromatic carbocycles. The van der Waals surface area contributed by atoms with Gasteiger partial charge in [-0.15, -0.1) is 11.3 Å². The van der Waals surface area contributed by atoms with Gasteiger partial charge in [0.2, 0.25) is 0 Å². The van der Waals surface area contributed by atoms with Crippen LogP contribution in [-0.2, 0) is 0 Å². The van der Waals surface area contributed by atoms with E-state index in [1.165, 1.54) is 11.3 Å². The number of piperidine rings is 1. The Morgan fingerprint density at radius 1 is 1.29 bits per heavy atom. The highest BCUT2D eigenvalue weighted by molar-refractivity contribution is 7.14. The Hall–Kier alpha value is -2.08. The quantitative estimate of drug-likeness (QED) is 0.941. The molecule has 2 aromatic rings. The highest BCUT2D eigenvalue weighted by Gasteiger charge is 2.25. The van der Waals surface area contributed by atoms with Crippen molar-refractivity contribution in [3.05, 3.63) is 41.5 Å². The maximum Gasteiger partial charge on any atom is 0.357 e. The molecule has 21 heavy (non-hydrogen) atoms. The second kappa shape index (κ2) is 6.13. The first-order valence-electron chi connectivity index (χ1n) is 6.87. The van der Waals surface area contributed by atoms with E-state index < -0.39 is 5.97 Å². The molecule has 2 heterocycles. The van der Waals surface area contributed by atoms with Crippen LogP contribution < -0.4 is 9.64 Å². The molecule has 0 saturated carbocycles. The van der Waals surface area contributed by atoms with Gasteiger partial charge in [0.05, 0.1) is 5.51 Å². The van der Waals surface area contributed by atoms with Crippen molar-refractivity contribution in [2.45, 2.75) is 18.9 Å². The summed E-state index contributed by atoms with van der Waals surface area (Å²) in [5.74, 6) is -0.0751. The Kier molecular flexibility index (Phi) is 4.06. The molecule has 1 aromatic heterocycles. The molecule has 0 bridgehead atoms. The van der Waals surface area contributed by atoms with Gasteiger partial charge in [0.1, 0.15) is 16.9 Å². The molecule has 1 saturated heterocycles. The predicted octanol–water partition coefficient (Wildman–Crippen LogP) is 2.89. The molecule has 1 aliphatic rings. The normalized spacial score (nSPS) is 15.9. The third kappa shape index (κ3) is 3.16. The smallest absolute Gasteiger partial charge is 0.357 e. The van der Waals surface area contributed by atoms with Crippen molar-refractivity contribution in [2.75, 3.05) is 18.0 Å². The number of carboxylic acid groups (broad SMARTS) is 1. The van der Waals surface area contributed by atoms with Crippen molar-refractivity contribution in [3.63, 3.8) is 0 Å². The minimum atomic E-state index is -0.964. The lowest BCUT2D eigenvalue weighted by molar-refractivity contribution is 0.0692. The van der Waals surface area contributed by atoms with Gasteiger partial charge in [-0.2, -0.15) is 0 Å². The van der Waals surface area contributed by atoms with Gasteiger partial charge in [0.25, 0.3) is 0 Å². The van der Waals surface area contributed by atoms with E-state index >= 15 is 0 Å². The standard InChI is InChI=1S/C15H16N2O3S/c18-15(19)13-14(21-10-16-13)17-8-6-12(7-9-17)20-11-4-2-1-3-5-11/h1-5,10,12H,6-9H2,(H,18,19). The van der Waals surface area contributed by atoms with Gasteiger partial charge in [-0.3, -0.25) is 0 Å². The Morgan fingerprint density at radius 2 is 2.00 bits per heavy atom. The minimum absolute atomic E-state index is 0.155. The van der Waals surface area contributed by atoms with E-state index in [0.717, 1.165) is 36.7 Å². The van der Waals surface area contributed by atoms with E-state index in [2.05, 4.69) is 9.88 Å². The Balaban J connectivity index is 1.60. The highest BCUT2D eigenvalue weighted by atomic mass is 32.1. The van der Waals surface area contributed by atoms with E-state index in [9.17, 15) is 4.79 Å². The molecule has 0 radical (unpaired) electrons. The van der Waals surface area contributed by atoms with Gasteiger partial charge < -0.3 is 14.7 Å². The van der Waals surface area contributed by atoms with Crippen molar-refractivity contribution in [1.82, 2.24) is 4.98 Å². The number of nitrogens with zero attached hydrogens (tertiary/aromatic N) is 2. The zero-order valence-electron chi connectivity index (χ0n) is 11.4. The van der Waals surface area contributed by atoms with Gasteiger partial charge in [-0.25, -0.2) is 9.78 Å². The summed E-state index contributed by atoms with van der Waals surface area (Å²) >= 11 is 1.38. The lowest BCUT2D eigenvalue weighted by atomic mass is 10.1. The topological polar surface area (TPSA) is 62.7 Å². The largest absolute Gasteiger partial charge is 0.490 e. The number of carbonyl (C=O) groups is 1. The van der Waals surface area contributed by atoms with Crippen molar-refractivity contribution in [2.24, 2.45) is 0 Å². The summed E-state index contributed by atoms with van der Waals surface area (Å²) in [7, 11) is 0. The molecule has 5 nitrogen and oxygen atoms in total. The molecule has 110 valence electrons. The number of ether oxygens (including phenoxy) is 1. The summed E-state index contributed by atoms with van der Waals surface area (Å²) in [4.78, 5) is 17.1. The Morgan fingerprint density at radius 3 is 2.67 bits per heavy atom. The Bertz CT molecular complexity index is 606. The average molecular weight is 304 g/mol. The van der Waals surface area contributed by atoms with E-state index in [-0.39, 0.29) is 11.8 Å². The van der Waals surface area contributed by atoms with Crippen LogP contribution in [-0.4, -0.2) is 35.3 Å². The van der Waals surface area contributed by atoms with Crippen LogP contribution in [0.5, 0.6) is 5.75 Å². The first kappa shape index (κ1) is 13.9. The molecular weight excluding hydrogens is 288 g/mol. The van der Waals surface area contributed by atoms with Crippen molar-refractivity contribution >= 4 is 22.3 Å². The van der Waals surface area contributed by atoms with Crippen LogP contribution >= 0.6 is 11.3 Å². The fraction of sp³-hybridized carbons (Fsp3) is 0.333. The fourth-order valence-electron chi connectivity index (χ4n) is 2.48. The first-order valence-corrected chi connectivity index (χ1v) is 7.75. The second-order valence-corrected chi connectivity index (χ2v) is 5.76.